The van der Waals surface area contributed by atoms with Crippen molar-refractivity contribution in [1.29, 1.82) is 0 Å². The van der Waals surface area contributed by atoms with Crippen molar-refractivity contribution in [1.82, 2.24) is 24.9 Å². The van der Waals surface area contributed by atoms with Gasteiger partial charge in [-0.3, -0.25) is 9.78 Å². The highest BCUT2D eigenvalue weighted by molar-refractivity contribution is 5.16. The van der Waals surface area contributed by atoms with Crippen LogP contribution in [0, 0.1) is 0 Å². The molecule has 0 amide bonds. The van der Waals surface area contributed by atoms with Crippen LogP contribution in [0.2, 0.25) is 0 Å². The quantitative estimate of drug-likeness (QED) is 0.939. The lowest BCUT2D eigenvalue weighted by molar-refractivity contribution is -0.141. The van der Waals surface area contributed by atoms with Crippen LogP contribution in [0.5, 0.6) is 0 Å². The van der Waals surface area contributed by atoms with Gasteiger partial charge in [-0.15, -0.1) is 0 Å². The molecule has 126 valence electrons. The van der Waals surface area contributed by atoms with E-state index >= 15 is 0 Å². The molecular weight excluding hydrogens is 307 g/mol. The Hall–Kier alpha value is -1.83. The van der Waals surface area contributed by atoms with Crippen LogP contribution in [0.3, 0.4) is 0 Å². The second-order valence-corrected chi connectivity index (χ2v) is 6.12. The van der Waals surface area contributed by atoms with Crippen LogP contribution >= 0.6 is 0 Å². The lowest BCUT2D eigenvalue weighted by Gasteiger charge is -2.32. The van der Waals surface area contributed by atoms with E-state index in [-0.39, 0.29) is 5.92 Å². The van der Waals surface area contributed by atoms with Gasteiger partial charge in [-0.1, -0.05) is 0 Å². The Kier molecular flexibility index (Phi) is 4.43. The number of alkyl halides is 3. The molecule has 1 atom stereocenters. The molecule has 1 fully saturated rings. The monoisotopic (exact) mass is 327 g/mol. The fourth-order valence-electron chi connectivity index (χ4n) is 3.09. The number of aromatic amines is 1. The molecule has 2 aromatic heterocycles. The third-order valence-electron chi connectivity index (χ3n) is 4.31. The molecule has 1 N–H and O–H groups in total. The molecule has 23 heavy (non-hydrogen) atoms. The zero-order valence-corrected chi connectivity index (χ0v) is 13.0. The molecule has 0 radical (unpaired) electrons. The topological polar surface area (TPSA) is 49.7 Å². The molecule has 1 aliphatic heterocycles. The van der Waals surface area contributed by atoms with Crippen molar-refractivity contribution in [2.24, 2.45) is 7.05 Å². The molecule has 0 aliphatic carbocycles. The van der Waals surface area contributed by atoms with E-state index < -0.39 is 11.9 Å². The predicted octanol–water partition coefficient (Wildman–Crippen LogP) is 2.58. The minimum absolute atomic E-state index is 0.0845. The van der Waals surface area contributed by atoms with E-state index in [9.17, 15) is 13.2 Å². The zero-order valence-electron chi connectivity index (χ0n) is 13.0. The molecule has 0 spiro atoms. The van der Waals surface area contributed by atoms with E-state index in [1.807, 2.05) is 19.4 Å². The van der Waals surface area contributed by atoms with E-state index in [1.165, 1.54) is 5.56 Å². The second kappa shape index (κ2) is 6.35. The minimum Gasteiger partial charge on any atom is -0.302 e. The predicted molar refractivity (Wildman–Crippen MR) is 78.9 cm³/mol. The highest BCUT2D eigenvalue weighted by atomic mass is 19.4. The molecule has 0 bridgehead atoms. The maximum atomic E-state index is 12.7. The van der Waals surface area contributed by atoms with Gasteiger partial charge < -0.3 is 4.90 Å². The van der Waals surface area contributed by atoms with Crippen LogP contribution in [0.25, 0.3) is 0 Å². The Balaban J connectivity index is 1.58. The van der Waals surface area contributed by atoms with E-state index in [0.717, 1.165) is 45.0 Å². The lowest BCUT2D eigenvalue weighted by Crippen LogP contribution is -2.35. The normalized spacial score (nSPS) is 20.1. The first-order chi connectivity index (χ1) is 10.9. The molecule has 8 heteroatoms. The highest BCUT2D eigenvalue weighted by Crippen LogP contribution is 2.31. The molecule has 3 heterocycles. The van der Waals surface area contributed by atoms with Crippen LogP contribution in [-0.4, -0.2) is 44.5 Å². The molecule has 1 aliphatic rings. The van der Waals surface area contributed by atoms with Gasteiger partial charge in [0.15, 0.2) is 5.69 Å². The average Bonchev–Trinajstić information content (AvgIpc) is 3.14. The molecule has 5 nitrogen and oxygen atoms in total. The molecule has 0 unspecified atom stereocenters. The zero-order chi connectivity index (χ0) is 16.4. The van der Waals surface area contributed by atoms with Gasteiger partial charge in [0, 0.05) is 37.9 Å². The van der Waals surface area contributed by atoms with Crippen molar-refractivity contribution in [3.05, 3.63) is 35.4 Å². The highest BCUT2D eigenvalue weighted by Gasteiger charge is 2.35. The van der Waals surface area contributed by atoms with Gasteiger partial charge >= 0.3 is 6.18 Å². The van der Waals surface area contributed by atoms with Crippen LogP contribution in [0.4, 0.5) is 13.2 Å². The third kappa shape index (κ3) is 3.93. The summed E-state index contributed by atoms with van der Waals surface area (Å²) in [6.45, 7) is 2.64. The summed E-state index contributed by atoms with van der Waals surface area (Å²) in [5.41, 5.74) is 0.930. The maximum Gasteiger partial charge on any atom is 0.435 e. The SMILES string of the molecule is Cn1cc(CCN2CCC[C@H](c3cc(C(F)(F)F)n[nH]3)C2)cn1. The standard InChI is InChI=1S/C15H20F3N5/c1-22-9-11(8-19-22)4-6-23-5-2-3-12(10-23)13-7-14(21-20-13)15(16,17)18/h7-9,12H,2-6,10H2,1H3,(H,20,21)/t12-/m0/s1. The largest absolute Gasteiger partial charge is 0.435 e. The van der Waals surface area contributed by atoms with Gasteiger partial charge in [0.2, 0.25) is 0 Å². The first-order valence-corrected chi connectivity index (χ1v) is 7.74. The fourth-order valence-corrected chi connectivity index (χ4v) is 3.09. The van der Waals surface area contributed by atoms with Crippen LogP contribution in [-0.2, 0) is 19.6 Å². The van der Waals surface area contributed by atoms with Crippen molar-refractivity contribution in [3.63, 3.8) is 0 Å². The van der Waals surface area contributed by atoms with Gasteiger partial charge in [-0.25, -0.2) is 0 Å². The summed E-state index contributed by atoms with van der Waals surface area (Å²) >= 11 is 0. The fraction of sp³-hybridized carbons (Fsp3) is 0.600. The van der Waals surface area contributed by atoms with Gasteiger partial charge in [0.05, 0.1) is 6.20 Å². The number of aryl methyl sites for hydroxylation is 1. The molecule has 1 saturated heterocycles. The van der Waals surface area contributed by atoms with Crippen molar-refractivity contribution in [3.8, 4) is 0 Å². The average molecular weight is 327 g/mol. The van der Waals surface area contributed by atoms with Gasteiger partial charge in [-0.2, -0.15) is 23.4 Å². The second-order valence-electron chi connectivity index (χ2n) is 6.12. The van der Waals surface area contributed by atoms with Crippen LogP contribution in [0.15, 0.2) is 18.5 Å². The van der Waals surface area contributed by atoms with E-state index in [0.29, 0.717) is 5.69 Å². The van der Waals surface area contributed by atoms with E-state index in [1.54, 1.807) is 4.68 Å². The van der Waals surface area contributed by atoms with Gasteiger partial charge in [0.1, 0.15) is 0 Å². The molecular formula is C15H20F3N5. The summed E-state index contributed by atoms with van der Waals surface area (Å²) in [7, 11) is 1.89. The number of hydrogen-bond donors (Lipinski definition) is 1. The Morgan fingerprint density at radius 1 is 1.39 bits per heavy atom. The number of rotatable bonds is 4. The summed E-state index contributed by atoms with van der Waals surface area (Å²) in [5.74, 6) is 0.0845. The van der Waals surface area contributed by atoms with Crippen LogP contribution < -0.4 is 0 Å². The smallest absolute Gasteiger partial charge is 0.302 e. The maximum absolute atomic E-state index is 12.7. The summed E-state index contributed by atoms with van der Waals surface area (Å²) in [4.78, 5) is 2.30. The van der Waals surface area contributed by atoms with Crippen molar-refractivity contribution < 1.29 is 13.2 Å². The van der Waals surface area contributed by atoms with Gasteiger partial charge in [0.25, 0.3) is 0 Å². The summed E-state index contributed by atoms with van der Waals surface area (Å²) in [6.07, 6.45) is 2.24. The molecule has 0 aromatic carbocycles. The van der Waals surface area contributed by atoms with Crippen molar-refractivity contribution >= 4 is 0 Å². The summed E-state index contributed by atoms with van der Waals surface area (Å²) < 4.78 is 39.7. The Labute approximate surface area is 132 Å². The first kappa shape index (κ1) is 16.0. The molecule has 3 rings (SSSR count). The van der Waals surface area contributed by atoms with Crippen molar-refractivity contribution in [2.45, 2.75) is 31.4 Å². The lowest BCUT2D eigenvalue weighted by atomic mass is 9.94. The number of likely N-dealkylation sites (tertiary alicyclic amines) is 1. The number of nitrogens with one attached hydrogen (secondary N) is 1. The number of piperidine rings is 1. The first-order valence-electron chi connectivity index (χ1n) is 7.74. The molecule has 2 aromatic rings. The Morgan fingerprint density at radius 3 is 2.87 bits per heavy atom. The van der Waals surface area contributed by atoms with E-state index in [2.05, 4.69) is 20.2 Å². The summed E-state index contributed by atoms with van der Waals surface area (Å²) in [6, 6.07) is 1.15. The van der Waals surface area contributed by atoms with Gasteiger partial charge in [-0.05, 0) is 37.4 Å². The van der Waals surface area contributed by atoms with Crippen molar-refractivity contribution in [2.75, 3.05) is 19.6 Å². The summed E-state index contributed by atoms with van der Waals surface area (Å²) in [5, 5.41) is 10.1. The van der Waals surface area contributed by atoms with Crippen LogP contribution in [0.1, 0.15) is 35.7 Å². The Bertz CT molecular complexity index is 646. The number of H-pyrrole nitrogens is 1. The van der Waals surface area contributed by atoms with E-state index in [4.69, 9.17) is 0 Å². The number of halogens is 3. The third-order valence-corrected chi connectivity index (χ3v) is 4.31. The number of hydrogen-bond acceptors (Lipinski definition) is 3. The minimum atomic E-state index is -4.39. The molecule has 0 saturated carbocycles. The Morgan fingerprint density at radius 2 is 2.22 bits per heavy atom. The number of aromatic nitrogens is 4. The number of nitrogens with zero attached hydrogens (tertiary/aromatic N) is 4.